The van der Waals surface area contributed by atoms with Gasteiger partial charge in [0.2, 0.25) is 0 Å². The van der Waals surface area contributed by atoms with Gasteiger partial charge in [0.1, 0.15) is 5.75 Å². The number of ether oxygens (including phenoxy) is 1. The fraction of sp³-hybridized carbons (Fsp3) is 0.200. The Morgan fingerprint density at radius 1 is 0.833 bits per heavy atom. The fourth-order valence-corrected chi connectivity index (χ4v) is 2.96. The van der Waals surface area contributed by atoms with Gasteiger partial charge in [-0.15, -0.1) is 0 Å². The molecule has 3 aromatic carbocycles. The predicted octanol–water partition coefficient (Wildman–Crippen LogP) is 5.39. The third-order valence-corrected chi connectivity index (χ3v) is 4.73. The van der Waals surface area contributed by atoms with Crippen molar-refractivity contribution in [2.75, 3.05) is 17.2 Å². The Labute approximate surface area is 177 Å². The van der Waals surface area contributed by atoms with Gasteiger partial charge in [0.15, 0.2) is 6.61 Å². The fourth-order valence-electron chi connectivity index (χ4n) is 2.96. The van der Waals surface area contributed by atoms with Crippen LogP contribution in [-0.2, 0) is 4.79 Å². The maximum absolute atomic E-state index is 12.4. The molecular weight excluding hydrogens is 376 g/mol. The van der Waals surface area contributed by atoms with Crippen LogP contribution in [0.15, 0.2) is 72.8 Å². The van der Waals surface area contributed by atoms with Crippen LogP contribution in [0.3, 0.4) is 0 Å². The Kier molecular flexibility index (Phi) is 6.86. The summed E-state index contributed by atoms with van der Waals surface area (Å²) in [6, 6.07) is 22.1. The van der Waals surface area contributed by atoms with E-state index in [9.17, 15) is 9.59 Å². The number of hydrogen-bond acceptors (Lipinski definition) is 3. The number of benzene rings is 3. The molecule has 5 heteroatoms. The van der Waals surface area contributed by atoms with E-state index in [1.54, 1.807) is 30.3 Å². The second-order valence-electron chi connectivity index (χ2n) is 7.41. The van der Waals surface area contributed by atoms with E-state index in [0.717, 1.165) is 5.56 Å². The summed E-state index contributed by atoms with van der Waals surface area (Å²) < 4.78 is 5.54. The third-order valence-electron chi connectivity index (χ3n) is 4.73. The zero-order valence-corrected chi connectivity index (χ0v) is 17.4. The number of rotatable bonds is 7. The van der Waals surface area contributed by atoms with E-state index >= 15 is 0 Å². The Morgan fingerprint density at radius 2 is 1.43 bits per heavy atom. The lowest BCUT2D eigenvalue weighted by Crippen LogP contribution is -2.20. The molecule has 0 atom stereocenters. The van der Waals surface area contributed by atoms with Crippen LogP contribution >= 0.6 is 0 Å². The lowest BCUT2D eigenvalue weighted by Gasteiger charge is -2.10. The van der Waals surface area contributed by atoms with Crippen molar-refractivity contribution < 1.29 is 14.3 Å². The van der Waals surface area contributed by atoms with Crippen molar-refractivity contribution in [3.05, 3.63) is 89.5 Å². The summed E-state index contributed by atoms with van der Waals surface area (Å²) in [6.07, 6.45) is 0. The molecule has 0 fully saturated rings. The quantitative estimate of drug-likeness (QED) is 0.557. The zero-order valence-electron chi connectivity index (χ0n) is 17.4. The highest BCUT2D eigenvalue weighted by molar-refractivity contribution is 6.05. The number of nitrogens with one attached hydrogen (secondary N) is 2. The van der Waals surface area contributed by atoms with Crippen molar-refractivity contribution in [3.8, 4) is 5.75 Å². The number of carbonyl (C=O) groups is 2. The first-order valence-electron chi connectivity index (χ1n) is 9.92. The molecular formula is C25H26N2O3. The Hall–Kier alpha value is -3.60. The molecule has 3 rings (SSSR count). The van der Waals surface area contributed by atoms with Crippen molar-refractivity contribution >= 4 is 23.2 Å². The predicted molar refractivity (Wildman–Crippen MR) is 120 cm³/mol. The van der Waals surface area contributed by atoms with E-state index in [-0.39, 0.29) is 18.4 Å². The Balaban J connectivity index is 1.50. The van der Waals surface area contributed by atoms with E-state index in [0.29, 0.717) is 28.6 Å². The molecule has 154 valence electrons. The van der Waals surface area contributed by atoms with Crippen molar-refractivity contribution in [2.24, 2.45) is 0 Å². The maximum atomic E-state index is 12.4. The van der Waals surface area contributed by atoms with Gasteiger partial charge >= 0.3 is 0 Å². The normalized spacial score (nSPS) is 10.5. The van der Waals surface area contributed by atoms with Crippen molar-refractivity contribution in [3.63, 3.8) is 0 Å². The minimum atomic E-state index is -0.250. The first kappa shape index (κ1) is 21.1. The lowest BCUT2D eigenvalue weighted by molar-refractivity contribution is -0.118. The highest BCUT2D eigenvalue weighted by Crippen LogP contribution is 2.19. The largest absolute Gasteiger partial charge is 0.484 e. The third kappa shape index (κ3) is 5.70. The molecule has 0 aliphatic heterocycles. The van der Waals surface area contributed by atoms with E-state index in [1.165, 1.54) is 5.56 Å². The molecule has 0 saturated carbocycles. The lowest BCUT2D eigenvalue weighted by atomic mass is 10.0. The maximum Gasteiger partial charge on any atom is 0.262 e. The van der Waals surface area contributed by atoms with Crippen LogP contribution in [0.2, 0.25) is 0 Å². The second kappa shape index (κ2) is 9.74. The summed E-state index contributed by atoms with van der Waals surface area (Å²) in [7, 11) is 0. The number of carbonyl (C=O) groups excluding carboxylic acids is 2. The molecule has 3 aromatic rings. The van der Waals surface area contributed by atoms with Gasteiger partial charge in [-0.1, -0.05) is 44.2 Å². The van der Waals surface area contributed by atoms with E-state index in [1.807, 2.05) is 49.4 Å². The molecule has 0 aliphatic rings. The summed E-state index contributed by atoms with van der Waals surface area (Å²) in [5.74, 6) is 0.692. The molecule has 2 amide bonds. The van der Waals surface area contributed by atoms with Crippen LogP contribution in [0, 0.1) is 6.92 Å². The molecule has 2 N–H and O–H groups in total. The summed E-state index contributed by atoms with van der Waals surface area (Å²) in [5, 5.41) is 5.65. The summed E-state index contributed by atoms with van der Waals surface area (Å²) >= 11 is 0. The molecule has 0 radical (unpaired) electrons. The van der Waals surface area contributed by atoms with Crippen molar-refractivity contribution in [2.45, 2.75) is 26.7 Å². The van der Waals surface area contributed by atoms with Crippen molar-refractivity contribution in [1.29, 1.82) is 0 Å². The summed E-state index contributed by atoms with van der Waals surface area (Å²) in [4.78, 5) is 24.5. The highest BCUT2D eigenvalue weighted by atomic mass is 16.5. The Morgan fingerprint density at radius 3 is 2.03 bits per heavy atom. The molecule has 5 nitrogen and oxygen atoms in total. The van der Waals surface area contributed by atoms with Crippen LogP contribution in [0.5, 0.6) is 5.75 Å². The first-order valence-corrected chi connectivity index (χ1v) is 9.92. The molecule has 0 aliphatic carbocycles. The van der Waals surface area contributed by atoms with Gasteiger partial charge in [-0.2, -0.15) is 0 Å². The summed E-state index contributed by atoms with van der Waals surface area (Å²) in [6.45, 7) is 6.08. The van der Waals surface area contributed by atoms with Gasteiger partial charge in [-0.3, -0.25) is 9.59 Å². The molecule has 0 aromatic heterocycles. The van der Waals surface area contributed by atoms with Crippen LogP contribution in [0.4, 0.5) is 11.4 Å². The topological polar surface area (TPSA) is 67.4 Å². The molecule has 0 saturated heterocycles. The molecule has 0 heterocycles. The van der Waals surface area contributed by atoms with Gasteiger partial charge < -0.3 is 15.4 Å². The SMILES string of the molecule is Cc1ccccc1C(=O)Nc1ccc(NC(=O)COc2ccc(C(C)C)cc2)cc1. The Bertz CT molecular complexity index is 1010. The van der Waals surface area contributed by atoms with Gasteiger partial charge in [0, 0.05) is 16.9 Å². The van der Waals surface area contributed by atoms with Crippen LogP contribution in [0.1, 0.15) is 41.3 Å². The van der Waals surface area contributed by atoms with Gasteiger partial charge in [0.25, 0.3) is 11.8 Å². The standard InChI is InChI=1S/C25H26N2O3/c1-17(2)19-8-14-22(15-9-19)30-16-24(28)26-20-10-12-21(13-11-20)27-25(29)23-7-5-4-6-18(23)3/h4-15,17H,16H2,1-3H3,(H,26,28)(H,27,29). The van der Waals surface area contributed by atoms with Crippen LogP contribution in [-0.4, -0.2) is 18.4 Å². The number of hydrogen-bond donors (Lipinski definition) is 2. The average Bonchev–Trinajstić information content (AvgIpc) is 2.74. The molecule has 30 heavy (non-hydrogen) atoms. The van der Waals surface area contributed by atoms with Crippen LogP contribution < -0.4 is 15.4 Å². The molecule has 0 bridgehead atoms. The second-order valence-corrected chi connectivity index (χ2v) is 7.41. The van der Waals surface area contributed by atoms with Gasteiger partial charge in [-0.05, 0) is 66.4 Å². The van der Waals surface area contributed by atoms with Gasteiger partial charge in [-0.25, -0.2) is 0 Å². The van der Waals surface area contributed by atoms with Crippen LogP contribution in [0.25, 0.3) is 0 Å². The number of amides is 2. The first-order chi connectivity index (χ1) is 14.4. The smallest absolute Gasteiger partial charge is 0.262 e. The zero-order chi connectivity index (χ0) is 21.5. The average molecular weight is 402 g/mol. The van der Waals surface area contributed by atoms with E-state index < -0.39 is 0 Å². The molecule has 0 spiro atoms. The number of aryl methyl sites for hydroxylation is 1. The molecule has 0 unspecified atom stereocenters. The number of anilines is 2. The summed E-state index contributed by atoms with van der Waals surface area (Å²) in [5.41, 5.74) is 4.06. The van der Waals surface area contributed by atoms with Gasteiger partial charge in [0.05, 0.1) is 0 Å². The van der Waals surface area contributed by atoms with E-state index in [2.05, 4.69) is 24.5 Å². The minimum Gasteiger partial charge on any atom is -0.484 e. The minimum absolute atomic E-state index is 0.0766. The monoisotopic (exact) mass is 402 g/mol. The highest BCUT2D eigenvalue weighted by Gasteiger charge is 2.09. The van der Waals surface area contributed by atoms with Crippen molar-refractivity contribution in [1.82, 2.24) is 0 Å². The van der Waals surface area contributed by atoms with E-state index in [4.69, 9.17) is 4.74 Å².